The highest BCUT2D eigenvalue weighted by molar-refractivity contribution is 7.92. The number of amides is 1. The van der Waals surface area contributed by atoms with Gasteiger partial charge in [0.2, 0.25) is 0 Å². The van der Waals surface area contributed by atoms with Gasteiger partial charge in [-0.15, -0.1) is 0 Å². The van der Waals surface area contributed by atoms with Crippen molar-refractivity contribution in [3.05, 3.63) is 77.6 Å². The molecule has 0 aliphatic heterocycles. The van der Waals surface area contributed by atoms with Gasteiger partial charge in [0.1, 0.15) is 11.3 Å². The molecule has 2 heterocycles. The maximum atomic E-state index is 13.8. The zero-order valence-corrected chi connectivity index (χ0v) is 21.0. The number of carbonyl (C=O) groups excluding carboxylic acids is 1. The number of anilines is 1. The Balaban J connectivity index is 1.83. The summed E-state index contributed by atoms with van der Waals surface area (Å²) in [6, 6.07) is 13.7. The fourth-order valence-electron chi connectivity index (χ4n) is 3.51. The molecule has 0 fully saturated rings. The molecule has 0 N–H and O–H groups in total. The smallest absolute Gasteiger partial charge is 0.260 e. The first-order chi connectivity index (χ1) is 16.2. The van der Waals surface area contributed by atoms with Gasteiger partial charge in [-0.3, -0.25) is 14.7 Å². The first-order valence-electron chi connectivity index (χ1n) is 10.7. The summed E-state index contributed by atoms with van der Waals surface area (Å²) in [5, 5.41) is -0.0994. The summed E-state index contributed by atoms with van der Waals surface area (Å²) < 4.78 is 31.8. The van der Waals surface area contributed by atoms with Crippen molar-refractivity contribution in [2.75, 3.05) is 12.0 Å². The van der Waals surface area contributed by atoms with Crippen molar-refractivity contribution in [2.24, 2.45) is 0 Å². The van der Waals surface area contributed by atoms with Crippen LogP contribution in [0.1, 0.15) is 35.3 Å². The molecule has 0 bridgehead atoms. The van der Waals surface area contributed by atoms with Crippen LogP contribution in [-0.4, -0.2) is 36.7 Å². The van der Waals surface area contributed by atoms with Gasteiger partial charge in [-0.2, -0.15) is 0 Å². The lowest BCUT2D eigenvalue weighted by atomic mass is 10.2. The number of methoxy groups -OCH3 is 1. The van der Waals surface area contributed by atoms with Crippen molar-refractivity contribution in [1.29, 1.82) is 0 Å². The lowest BCUT2D eigenvalue weighted by Crippen LogP contribution is -2.30. The van der Waals surface area contributed by atoms with Gasteiger partial charge in [-0.25, -0.2) is 13.4 Å². The monoisotopic (exact) mass is 495 g/mol. The summed E-state index contributed by atoms with van der Waals surface area (Å²) in [7, 11) is -1.94. The molecule has 4 aromatic rings. The Kier molecular flexibility index (Phi) is 6.67. The first kappa shape index (κ1) is 23.8. The standard InChI is InChI=1S/C25H25N3O4S2/c1-16(2)34(30,31)20-9-5-8-19(13-20)24(29)28(15-18-7-6-12-26-14-18)25-27-22-21(32-4)11-10-17(3)23(22)33-25/h5-14,16H,15H2,1-4H3. The molecule has 34 heavy (non-hydrogen) atoms. The molecule has 2 aromatic carbocycles. The van der Waals surface area contributed by atoms with Crippen LogP contribution in [-0.2, 0) is 16.4 Å². The van der Waals surface area contributed by atoms with E-state index in [9.17, 15) is 13.2 Å². The van der Waals surface area contributed by atoms with Gasteiger partial charge in [-0.05, 0) is 62.2 Å². The number of fused-ring (bicyclic) bond motifs is 1. The van der Waals surface area contributed by atoms with E-state index in [0.717, 1.165) is 15.8 Å². The van der Waals surface area contributed by atoms with E-state index in [1.54, 1.807) is 56.4 Å². The maximum Gasteiger partial charge on any atom is 0.260 e. The van der Waals surface area contributed by atoms with E-state index in [4.69, 9.17) is 9.72 Å². The van der Waals surface area contributed by atoms with Crippen LogP contribution in [0.25, 0.3) is 10.2 Å². The summed E-state index contributed by atoms with van der Waals surface area (Å²) in [6.07, 6.45) is 3.36. The van der Waals surface area contributed by atoms with Crippen LogP contribution in [0.2, 0.25) is 0 Å². The topological polar surface area (TPSA) is 89.5 Å². The van der Waals surface area contributed by atoms with E-state index in [1.165, 1.54) is 23.5 Å². The zero-order chi connectivity index (χ0) is 24.5. The Morgan fingerprint density at radius 3 is 2.62 bits per heavy atom. The summed E-state index contributed by atoms with van der Waals surface area (Å²) >= 11 is 1.39. The minimum atomic E-state index is -3.53. The molecule has 2 aromatic heterocycles. The van der Waals surface area contributed by atoms with Gasteiger partial charge in [0.05, 0.1) is 28.5 Å². The Morgan fingerprint density at radius 2 is 1.94 bits per heavy atom. The zero-order valence-electron chi connectivity index (χ0n) is 19.3. The summed E-state index contributed by atoms with van der Waals surface area (Å²) in [6.45, 7) is 5.46. The third kappa shape index (κ3) is 4.53. The van der Waals surface area contributed by atoms with Crippen molar-refractivity contribution >= 4 is 42.4 Å². The lowest BCUT2D eigenvalue weighted by Gasteiger charge is -2.20. The highest BCUT2D eigenvalue weighted by atomic mass is 32.2. The number of aromatic nitrogens is 2. The molecule has 4 rings (SSSR count). The van der Waals surface area contributed by atoms with Gasteiger partial charge in [-0.1, -0.05) is 29.5 Å². The minimum Gasteiger partial charge on any atom is -0.494 e. The van der Waals surface area contributed by atoms with Crippen LogP contribution in [0.3, 0.4) is 0 Å². The van der Waals surface area contributed by atoms with Gasteiger partial charge in [0.15, 0.2) is 15.0 Å². The normalized spacial score (nSPS) is 11.7. The summed E-state index contributed by atoms with van der Waals surface area (Å²) in [5.41, 5.74) is 2.80. The van der Waals surface area contributed by atoms with E-state index in [-0.39, 0.29) is 22.9 Å². The van der Waals surface area contributed by atoms with E-state index < -0.39 is 15.1 Å². The number of hydrogen-bond acceptors (Lipinski definition) is 7. The molecule has 0 saturated carbocycles. The van der Waals surface area contributed by atoms with Crippen molar-refractivity contribution < 1.29 is 17.9 Å². The Morgan fingerprint density at radius 1 is 1.15 bits per heavy atom. The number of sulfone groups is 1. The molecule has 1 amide bonds. The van der Waals surface area contributed by atoms with Crippen LogP contribution in [0, 0.1) is 6.92 Å². The number of hydrogen-bond donors (Lipinski definition) is 0. The van der Waals surface area contributed by atoms with Gasteiger partial charge in [0.25, 0.3) is 5.91 Å². The molecule has 0 atom stereocenters. The number of benzene rings is 2. The van der Waals surface area contributed by atoms with Crippen molar-refractivity contribution in [2.45, 2.75) is 37.5 Å². The van der Waals surface area contributed by atoms with Crippen LogP contribution < -0.4 is 9.64 Å². The average molecular weight is 496 g/mol. The van der Waals surface area contributed by atoms with Crippen molar-refractivity contribution in [3.63, 3.8) is 0 Å². The molecule has 176 valence electrons. The van der Waals surface area contributed by atoms with E-state index in [1.807, 2.05) is 25.1 Å². The van der Waals surface area contributed by atoms with E-state index >= 15 is 0 Å². The SMILES string of the molecule is COc1ccc(C)c2sc(N(Cc3cccnc3)C(=O)c3cccc(S(=O)(=O)C(C)C)c3)nc12. The second kappa shape index (κ2) is 9.52. The van der Waals surface area contributed by atoms with E-state index in [2.05, 4.69) is 4.98 Å². The van der Waals surface area contributed by atoms with Crippen LogP contribution in [0.15, 0.2) is 65.8 Å². The Labute approximate surface area is 203 Å². The van der Waals surface area contributed by atoms with Crippen LogP contribution in [0.4, 0.5) is 5.13 Å². The Bertz CT molecular complexity index is 1450. The third-order valence-corrected chi connectivity index (χ3v) is 8.85. The fourth-order valence-corrected chi connectivity index (χ4v) is 5.67. The predicted octanol–water partition coefficient (Wildman–Crippen LogP) is 5.04. The highest BCUT2D eigenvalue weighted by Gasteiger charge is 2.26. The predicted molar refractivity (Wildman–Crippen MR) is 134 cm³/mol. The molecule has 7 nitrogen and oxygen atoms in total. The maximum absolute atomic E-state index is 13.8. The molecular weight excluding hydrogens is 470 g/mol. The minimum absolute atomic E-state index is 0.122. The largest absolute Gasteiger partial charge is 0.494 e. The summed E-state index contributed by atoms with van der Waals surface area (Å²) in [4.78, 5) is 24.3. The summed E-state index contributed by atoms with van der Waals surface area (Å²) in [5.74, 6) is 0.280. The second-order valence-electron chi connectivity index (χ2n) is 8.13. The molecule has 0 aliphatic carbocycles. The number of carbonyl (C=O) groups is 1. The Hall–Kier alpha value is -3.30. The molecule has 9 heteroatoms. The molecule has 0 radical (unpaired) electrons. The van der Waals surface area contributed by atoms with Crippen LogP contribution in [0.5, 0.6) is 5.75 Å². The average Bonchev–Trinajstić information content (AvgIpc) is 3.29. The molecule has 0 spiro atoms. The van der Waals surface area contributed by atoms with E-state index in [0.29, 0.717) is 16.4 Å². The van der Waals surface area contributed by atoms with Gasteiger partial charge < -0.3 is 4.74 Å². The third-order valence-electron chi connectivity index (χ3n) is 5.48. The van der Waals surface area contributed by atoms with Crippen LogP contribution >= 0.6 is 11.3 Å². The number of nitrogens with zero attached hydrogens (tertiary/aromatic N) is 3. The number of thiazole rings is 1. The van der Waals surface area contributed by atoms with Crippen molar-refractivity contribution in [1.82, 2.24) is 9.97 Å². The number of ether oxygens (including phenoxy) is 1. The quantitative estimate of drug-likeness (QED) is 0.357. The highest BCUT2D eigenvalue weighted by Crippen LogP contribution is 2.37. The van der Waals surface area contributed by atoms with Gasteiger partial charge >= 0.3 is 0 Å². The number of rotatable bonds is 7. The molecule has 0 unspecified atom stereocenters. The number of aryl methyl sites for hydroxylation is 1. The van der Waals surface area contributed by atoms with Crippen molar-refractivity contribution in [3.8, 4) is 5.75 Å². The second-order valence-corrected chi connectivity index (χ2v) is 11.6. The first-order valence-corrected chi connectivity index (χ1v) is 13.1. The molecule has 0 saturated heterocycles. The van der Waals surface area contributed by atoms with Gasteiger partial charge in [0, 0.05) is 18.0 Å². The molecular formula is C25H25N3O4S2. The lowest BCUT2D eigenvalue weighted by molar-refractivity contribution is 0.0985. The molecule has 0 aliphatic rings. The number of pyridine rings is 1. The fraction of sp³-hybridized carbons (Fsp3) is 0.240.